The summed E-state index contributed by atoms with van der Waals surface area (Å²) in [4.78, 5) is 4.47. The van der Waals surface area contributed by atoms with Crippen LogP contribution in [0.5, 0.6) is 0 Å². The molecule has 18 heavy (non-hydrogen) atoms. The van der Waals surface area contributed by atoms with Crippen molar-refractivity contribution < 1.29 is 0 Å². The summed E-state index contributed by atoms with van der Waals surface area (Å²) < 4.78 is 0. The number of rotatable bonds is 11. The number of allylic oxidation sites excluding steroid dienone is 1. The smallest absolute Gasteiger partial charge is 0.0804 e. The summed E-state index contributed by atoms with van der Waals surface area (Å²) in [5.74, 6) is 0. The van der Waals surface area contributed by atoms with Crippen molar-refractivity contribution in [1.82, 2.24) is 9.80 Å². The SMILES string of the molecule is CCCCCCCCCC=CC(N(C)C)N(C)C. The molecular weight excluding hydrogens is 220 g/mol. The van der Waals surface area contributed by atoms with Gasteiger partial charge in [0, 0.05) is 0 Å². The predicted octanol–water partition coefficient (Wildman–Crippen LogP) is 4.13. The molecule has 0 heterocycles. The number of hydrogen-bond donors (Lipinski definition) is 0. The zero-order valence-electron chi connectivity index (χ0n) is 13.3. The molecule has 0 aromatic carbocycles. The van der Waals surface area contributed by atoms with Crippen molar-refractivity contribution >= 4 is 0 Å². The minimum absolute atomic E-state index is 0.426. The predicted molar refractivity (Wildman–Crippen MR) is 82.9 cm³/mol. The maximum Gasteiger partial charge on any atom is 0.0804 e. The zero-order valence-corrected chi connectivity index (χ0v) is 13.3. The van der Waals surface area contributed by atoms with Crippen LogP contribution in [0.2, 0.25) is 0 Å². The Kier molecular flexibility index (Phi) is 11.5. The van der Waals surface area contributed by atoms with E-state index in [1.807, 2.05) is 0 Å². The van der Waals surface area contributed by atoms with Crippen molar-refractivity contribution in [2.24, 2.45) is 0 Å². The van der Waals surface area contributed by atoms with E-state index >= 15 is 0 Å². The van der Waals surface area contributed by atoms with Crippen LogP contribution in [-0.2, 0) is 0 Å². The third kappa shape index (κ3) is 9.67. The Hall–Kier alpha value is -0.340. The molecular formula is C16H34N2. The average Bonchev–Trinajstić information content (AvgIpc) is 2.30. The first-order valence-corrected chi connectivity index (χ1v) is 7.59. The normalized spacial score (nSPS) is 12.4. The van der Waals surface area contributed by atoms with Gasteiger partial charge < -0.3 is 0 Å². The highest BCUT2D eigenvalue weighted by atomic mass is 15.3. The lowest BCUT2D eigenvalue weighted by molar-refractivity contribution is 0.173. The average molecular weight is 254 g/mol. The fraction of sp³-hybridized carbons (Fsp3) is 0.875. The van der Waals surface area contributed by atoms with E-state index < -0.39 is 0 Å². The second-order valence-corrected chi connectivity index (χ2v) is 5.68. The van der Waals surface area contributed by atoms with Crippen LogP contribution >= 0.6 is 0 Å². The van der Waals surface area contributed by atoms with Crippen LogP contribution in [0.3, 0.4) is 0 Å². The van der Waals surface area contributed by atoms with Gasteiger partial charge >= 0.3 is 0 Å². The Morgan fingerprint density at radius 3 is 1.78 bits per heavy atom. The molecule has 108 valence electrons. The Labute approximate surface area is 115 Å². The first kappa shape index (κ1) is 17.7. The van der Waals surface area contributed by atoms with Gasteiger partial charge in [-0.3, -0.25) is 9.80 Å². The second-order valence-electron chi connectivity index (χ2n) is 5.68. The standard InChI is InChI=1S/C16H34N2/c1-6-7-8-9-10-11-12-13-14-15-16(17(2)3)18(4)5/h14-16H,6-13H2,1-5H3. The largest absolute Gasteiger partial charge is 0.291 e. The molecule has 0 aromatic rings. The molecule has 0 unspecified atom stereocenters. The number of nitrogens with zero attached hydrogens (tertiary/aromatic N) is 2. The van der Waals surface area contributed by atoms with E-state index in [4.69, 9.17) is 0 Å². The van der Waals surface area contributed by atoms with Gasteiger partial charge in [-0.25, -0.2) is 0 Å². The fourth-order valence-corrected chi connectivity index (χ4v) is 2.24. The molecule has 0 spiro atoms. The summed E-state index contributed by atoms with van der Waals surface area (Å²) in [5, 5.41) is 0. The maximum atomic E-state index is 2.34. The Balaban J connectivity index is 3.52. The van der Waals surface area contributed by atoms with Crippen LogP contribution in [-0.4, -0.2) is 44.2 Å². The molecule has 0 aliphatic carbocycles. The van der Waals surface area contributed by atoms with Gasteiger partial charge in [-0.05, 0) is 41.0 Å². The minimum atomic E-state index is 0.426. The molecule has 0 saturated carbocycles. The lowest BCUT2D eigenvalue weighted by Crippen LogP contribution is -2.38. The molecule has 0 radical (unpaired) electrons. The zero-order chi connectivity index (χ0) is 13.8. The highest BCUT2D eigenvalue weighted by Crippen LogP contribution is 2.09. The van der Waals surface area contributed by atoms with Crippen LogP contribution in [0.15, 0.2) is 12.2 Å². The van der Waals surface area contributed by atoms with E-state index in [1.54, 1.807) is 0 Å². The summed E-state index contributed by atoms with van der Waals surface area (Å²) in [7, 11) is 8.51. The fourth-order valence-electron chi connectivity index (χ4n) is 2.24. The van der Waals surface area contributed by atoms with E-state index in [0.29, 0.717) is 6.17 Å². The molecule has 0 aliphatic rings. The van der Waals surface area contributed by atoms with Crippen molar-refractivity contribution in [3.8, 4) is 0 Å². The van der Waals surface area contributed by atoms with Crippen molar-refractivity contribution in [1.29, 1.82) is 0 Å². The Bertz CT molecular complexity index is 189. The molecule has 0 saturated heterocycles. The number of hydrogen-bond acceptors (Lipinski definition) is 2. The molecule has 0 aliphatic heterocycles. The molecule has 2 heteroatoms. The lowest BCUT2D eigenvalue weighted by Gasteiger charge is -2.27. The van der Waals surface area contributed by atoms with Gasteiger partial charge in [0.15, 0.2) is 0 Å². The van der Waals surface area contributed by atoms with E-state index in [-0.39, 0.29) is 0 Å². The molecule has 0 aromatic heterocycles. The summed E-state index contributed by atoms with van der Waals surface area (Å²) in [6.45, 7) is 2.27. The monoisotopic (exact) mass is 254 g/mol. The summed E-state index contributed by atoms with van der Waals surface area (Å²) >= 11 is 0. The second kappa shape index (κ2) is 11.7. The van der Waals surface area contributed by atoms with Crippen molar-refractivity contribution in [2.45, 2.75) is 64.5 Å². The van der Waals surface area contributed by atoms with Crippen molar-refractivity contribution in [2.75, 3.05) is 28.2 Å². The Morgan fingerprint density at radius 1 is 0.778 bits per heavy atom. The van der Waals surface area contributed by atoms with Gasteiger partial charge in [-0.1, -0.05) is 57.6 Å². The highest BCUT2D eigenvalue weighted by molar-refractivity contribution is 4.91. The summed E-state index contributed by atoms with van der Waals surface area (Å²) in [6.07, 6.45) is 16.1. The van der Waals surface area contributed by atoms with Gasteiger partial charge in [0.05, 0.1) is 6.17 Å². The van der Waals surface area contributed by atoms with Crippen LogP contribution in [0.4, 0.5) is 0 Å². The van der Waals surface area contributed by atoms with E-state index in [9.17, 15) is 0 Å². The summed E-state index contributed by atoms with van der Waals surface area (Å²) in [5.41, 5.74) is 0. The Morgan fingerprint density at radius 2 is 1.28 bits per heavy atom. The van der Waals surface area contributed by atoms with Crippen LogP contribution in [0.1, 0.15) is 58.3 Å². The van der Waals surface area contributed by atoms with Crippen LogP contribution in [0.25, 0.3) is 0 Å². The molecule has 0 N–H and O–H groups in total. The van der Waals surface area contributed by atoms with Gasteiger partial charge in [0.1, 0.15) is 0 Å². The molecule has 0 amide bonds. The van der Waals surface area contributed by atoms with Crippen LogP contribution in [0, 0.1) is 0 Å². The number of likely N-dealkylation sites (N-methyl/N-ethyl adjacent to an activating group) is 2. The quantitative estimate of drug-likeness (QED) is 0.311. The van der Waals surface area contributed by atoms with Gasteiger partial charge in [0.25, 0.3) is 0 Å². The first-order chi connectivity index (χ1) is 8.59. The maximum absolute atomic E-state index is 2.34. The third-order valence-electron chi connectivity index (χ3n) is 3.34. The first-order valence-electron chi connectivity index (χ1n) is 7.59. The molecule has 0 fully saturated rings. The molecule has 0 rings (SSSR count). The molecule has 0 atom stereocenters. The number of unbranched alkanes of at least 4 members (excludes halogenated alkanes) is 7. The highest BCUT2D eigenvalue weighted by Gasteiger charge is 2.08. The van der Waals surface area contributed by atoms with E-state index in [1.165, 1.54) is 51.4 Å². The van der Waals surface area contributed by atoms with Crippen molar-refractivity contribution in [3.63, 3.8) is 0 Å². The topological polar surface area (TPSA) is 6.48 Å². The molecule has 2 nitrogen and oxygen atoms in total. The van der Waals surface area contributed by atoms with Crippen LogP contribution < -0.4 is 0 Å². The van der Waals surface area contributed by atoms with Gasteiger partial charge in [0.2, 0.25) is 0 Å². The third-order valence-corrected chi connectivity index (χ3v) is 3.34. The van der Waals surface area contributed by atoms with Gasteiger partial charge in [-0.2, -0.15) is 0 Å². The lowest BCUT2D eigenvalue weighted by atomic mass is 10.1. The van der Waals surface area contributed by atoms with E-state index in [0.717, 1.165) is 0 Å². The van der Waals surface area contributed by atoms with E-state index in [2.05, 4.69) is 57.1 Å². The molecule has 0 bridgehead atoms. The van der Waals surface area contributed by atoms with Crippen molar-refractivity contribution in [3.05, 3.63) is 12.2 Å². The minimum Gasteiger partial charge on any atom is -0.291 e. The summed E-state index contributed by atoms with van der Waals surface area (Å²) in [6, 6.07) is 0. The van der Waals surface area contributed by atoms with Gasteiger partial charge in [-0.15, -0.1) is 0 Å².